The van der Waals surface area contributed by atoms with Crippen LogP contribution in [0, 0.1) is 0 Å². The molecular formula is C15H17N3OS2. The van der Waals surface area contributed by atoms with E-state index < -0.39 is 5.91 Å². The fraction of sp³-hybridized carbons (Fsp3) is 0.200. The molecule has 0 saturated heterocycles. The molecule has 0 bridgehead atoms. The number of aromatic nitrogens is 1. The van der Waals surface area contributed by atoms with E-state index in [0.29, 0.717) is 0 Å². The summed E-state index contributed by atoms with van der Waals surface area (Å²) in [5.41, 5.74) is 12.8. The van der Waals surface area contributed by atoms with Crippen LogP contribution in [0.1, 0.15) is 16.1 Å². The van der Waals surface area contributed by atoms with Crippen LogP contribution >= 0.6 is 21.6 Å². The van der Waals surface area contributed by atoms with Crippen LogP contribution in [-0.4, -0.2) is 22.7 Å². The van der Waals surface area contributed by atoms with Gasteiger partial charge >= 0.3 is 0 Å². The molecule has 0 aliphatic rings. The quantitative estimate of drug-likeness (QED) is 0.766. The molecule has 0 aliphatic heterocycles. The molecule has 1 atom stereocenters. The molecule has 0 aliphatic carbocycles. The number of hydrogen-bond donors (Lipinski definition) is 2. The van der Waals surface area contributed by atoms with Crippen molar-refractivity contribution in [2.45, 2.75) is 17.4 Å². The molecule has 4 nitrogen and oxygen atoms in total. The maximum atomic E-state index is 10.9. The lowest BCUT2D eigenvalue weighted by Gasteiger charge is -2.10. The van der Waals surface area contributed by atoms with E-state index in [2.05, 4.69) is 17.1 Å². The molecule has 0 radical (unpaired) electrons. The van der Waals surface area contributed by atoms with Gasteiger partial charge in [-0.15, -0.1) is 0 Å². The van der Waals surface area contributed by atoms with Gasteiger partial charge in [0.15, 0.2) is 0 Å². The van der Waals surface area contributed by atoms with Gasteiger partial charge in [0.1, 0.15) is 5.69 Å². The molecule has 4 N–H and O–H groups in total. The molecule has 110 valence electrons. The summed E-state index contributed by atoms with van der Waals surface area (Å²) in [6, 6.07) is 13.8. The topological polar surface area (TPSA) is 82.0 Å². The molecule has 1 unspecified atom stereocenters. The molecule has 1 heterocycles. The van der Waals surface area contributed by atoms with E-state index in [4.69, 9.17) is 11.5 Å². The third kappa shape index (κ3) is 5.41. The standard InChI is InChI=1S/C15H17N3OS2/c16-12(8-11-4-2-1-3-5-11)10-20-21-13-6-7-14(15(17)19)18-9-13/h1-7,9,12H,8,10,16H2,(H2,17,19). The summed E-state index contributed by atoms with van der Waals surface area (Å²) in [5.74, 6) is 0.334. The van der Waals surface area contributed by atoms with Gasteiger partial charge in [-0.3, -0.25) is 4.79 Å². The average molecular weight is 319 g/mol. The number of nitrogens with zero attached hydrogens (tertiary/aromatic N) is 1. The van der Waals surface area contributed by atoms with Gasteiger partial charge in [0.05, 0.1) is 0 Å². The Kier molecular flexibility index (Phi) is 6.10. The van der Waals surface area contributed by atoms with Crippen molar-refractivity contribution in [3.63, 3.8) is 0 Å². The monoisotopic (exact) mass is 319 g/mol. The highest BCUT2D eigenvalue weighted by Gasteiger charge is 2.06. The lowest BCUT2D eigenvalue weighted by Crippen LogP contribution is -2.25. The van der Waals surface area contributed by atoms with Gasteiger partial charge in [0, 0.05) is 22.9 Å². The SMILES string of the molecule is NC(=O)c1ccc(SSCC(N)Cc2ccccc2)cn1. The molecule has 2 aromatic rings. The molecule has 1 aromatic carbocycles. The van der Waals surface area contributed by atoms with Crippen LogP contribution in [0.25, 0.3) is 0 Å². The van der Waals surface area contributed by atoms with Crippen LogP contribution in [0.15, 0.2) is 53.6 Å². The molecule has 1 aromatic heterocycles. The van der Waals surface area contributed by atoms with Crippen molar-refractivity contribution >= 4 is 27.5 Å². The molecule has 1 amide bonds. The van der Waals surface area contributed by atoms with E-state index in [1.165, 1.54) is 5.56 Å². The Bertz CT molecular complexity index is 575. The summed E-state index contributed by atoms with van der Waals surface area (Å²) in [6.45, 7) is 0. The third-order valence-corrected chi connectivity index (χ3v) is 5.22. The van der Waals surface area contributed by atoms with E-state index in [1.54, 1.807) is 33.9 Å². The molecule has 6 heteroatoms. The Morgan fingerprint density at radius 1 is 1.19 bits per heavy atom. The van der Waals surface area contributed by atoms with Crippen molar-refractivity contribution in [2.24, 2.45) is 11.5 Å². The van der Waals surface area contributed by atoms with Gasteiger partial charge in [-0.25, -0.2) is 4.98 Å². The van der Waals surface area contributed by atoms with Crippen molar-refractivity contribution in [1.29, 1.82) is 0 Å². The number of carbonyl (C=O) groups is 1. The highest BCUT2D eigenvalue weighted by molar-refractivity contribution is 8.76. The van der Waals surface area contributed by atoms with Gasteiger partial charge in [-0.2, -0.15) is 0 Å². The summed E-state index contributed by atoms with van der Waals surface area (Å²) in [7, 11) is 3.29. The molecule has 0 spiro atoms. The highest BCUT2D eigenvalue weighted by Crippen LogP contribution is 2.30. The van der Waals surface area contributed by atoms with Crippen molar-refractivity contribution in [3.05, 3.63) is 59.9 Å². The zero-order valence-electron chi connectivity index (χ0n) is 11.4. The first kappa shape index (κ1) is 15.9. The van der Waals surface area contributed by atoms with Crippen LogP contribution < -0.4 is 11.5 Å². The number of pyridine rings is 1. The molecular weight excluding hydrogens is 302 g/mol. The Hall–Kier alpha value is -1.50. The zero-order valence-corrected chi connectivity index (χ0v) is 13.1. The smallest absolute Gasteiger partial charge is 0.267 e. The number of rotatable bonds is 7. The predicted octanol–water partition coefficient (Wildman–Crippen LogP) is 2.49. The minimum absolute atomic E-state index is 0.114. The van der Waals surface area contributed by atoms with Crippen molar-refractivity contribution < 1.29 is 4.79 Å². The van der Waals surface area contributed by atoms with Crippen LogP contribution in [0.3, 0.4) is 0 Å². The van der Waals surface area contributed by atoms with Crippen LogP contribution in [0.2, 0.25) is 0 Å². The lowest BCUT2D eigenvalue weighted by atomic mass is 10.1. The summed E-state index contributed by atoms with van der Waals surface area (Å²) in [4.78, 5) is 15.9. The fourth-order valence-corrected chi connectivity index (χ4v) is 3.89. The van der Waals surface area contributed by atoms with E-state index >= 15 is 0 Å². The van der Waals surface area contributed by atoms with Crippen molar-refractivity contribution in [3.8, 4) is 0 Å². The summed E-state index contributed by atoms with van der Waals surface area (Å²) in [5, 5.41) is 0. The van der Waals surface area contributed by atoms with Gasteiger partial charge in [-0.05, 0) is 24.1 Å². The second-order valence-corrected chi connectivity index (χ2v) is 6.98. The Labute approximate surface area is 132 Å². The first-order valence-corrected chi connectivity index (χ1v) is 8.82. The molecule has 0 fully saturated rings. The molecule has 2 rings (SSSR count). The number of carbonyl (C=O) groups excluding carboxylic acids is 1. The van der Waals surface area contributed by atoms with E-state index in [0.717, 1.165) is 17.1 Å². The summed E-state index contributed by atoms with van der Waals surface area (Å²) >= 11 is 0. The number of hydrogen-bond acceptors (Lipinski definition) is 5. The number of primary amides is 1. The van der Waals surface area contributed by atoms with Gasteiger partial charge < -0.3 is 11.5 Å². The van der Waals surface area contributed by atoms with Gasteiger partial charge in [0.2, 0.25) is 0 Å². The van der Waals surface area contributed by atoms with Crippen LogP contribution in [-0.2, 0) is 6.42 Å². The maximum absolute atomic E-state index is 10.9. The summed E-state index contributed by atoms with van der Waals surface area (Å²) < 4.78 is 0. The largest absolute Gasteiger partial charge is 0.364 e. The second kappa shape index (κ2) is 8.07. The lowest BCUT2D eigenvalue weighted by molar-refractivity contribution is 0.0995. The number of nitrogens with two attached hydrogens (primary N) is 2. The molecule has 21 heavy (non-hydrogen) atoms. The maximum Gasteiger partial charge on any atom is 0.267 e. The molecule has 0 saturated carbocycles. The average Bonchev–Trinajstić information content (AvgIpc) is 2.49. The van der Waals surface area contributed by atoms with Gasteiger partial charge in [0.25, 0.3) is 5.91 Å². The zero-order chi connectivity index (χ0) is 15.1. The highest BCUT2D eigenvalue weighted by atomic mass is 33.1. The number of amides is 1. The fourth-order valence-electron chi connectivity index (χ4n) is 1.74. The first-order valence-electron chi connectivity index (χ1n) is 6.50. The second-order valence-electron chi connectivity index (χ2n) is 4.56. The van der Waals surface area contributed by atoms with Crippen LogP contribution in [0.4, 0.5) is 0 Å². The van der Waals surface area contributed by atoms with Crippen molar-refractivity contribution in [2.75, 3.05) is 5.75 Å². The Balaban J connectivity index is 1.74. The number of benzene rings is 1. The van der Waals surface area contributed by atoms with E-state index in [-0.39, 0.29) is 11.7 Å². The van der Waals surface area contributed by atoms with E-state index in [9.17, 15) is 4.79 Å². The van der Waals surface area contributed by atoms with Crippen molar-refractivity contribution in [1.82, 2.24) is 4.98 Å². The summed E-state index contributed by atoms with van der Waals surface area (Å²) in [6.07, 6.45) is 2.52. The predicted molar refractivity (Wildman–Crippen MR) is 89.2 cm³/mol. The Morgan fingerprint density at radius 3 is 2.57 bits per heavy atom. The van der Waals surface area contributed by atoms with Crippen LogP contribution in [0.5, 0.6) is 0 Å². The minimum Gasteiger partial charge on any atom is -0.364 e. The van der Waals surface area contributed by atoms with E-state index in [1.807, 2.05) is 24.3 Å². The Morgan fingerprint density at radius 2 is 1.95 bits per heavy atom. The third-order valence-electron chi connectivity index (χ3n) is 2.77. The normalized spacial score (nSPS) is 12.0. The van der Waals surface area contributed by atoms with Gasteiger partial charge in [-0.1, -0.05) is 51.9 Å². The minimum atomic E-state index is -0.510. The first-order chi connectivity index (χ1) is 10.1.